The number of rotatable bonds is 3. The van der Waals surface area contributed by atoms with Crippen molar-refractivity contribution in [1.82, 2.24) is 0 Å². The SMILES string of the molecule is Cc1ccccc1Cc1cc(O)ccc1C(=O)O. The van der Waals surface area contributed by atoms with Crippen LogP contribution in [0.25, 0.3) is 0 Å². The fourth-order valence-corrected chi connectivity index (χ4v) is 1.95. The zero-order valence-electron chi connectivity index (χ0n) is 10.1. The van der Waals surface area contributed by atoms with Gasteiger partial charge in [-0.3, -0.25) is 0 Å². The number of phenolic OH excluding ortho intramolecular Hbond substituents is 1. The van der Waals surface area contributed by atoms with Gasteiger partial charge in [-0.05, 0) is 48.2 Å². The molecule has 0 aliphatic carbocycles. The lowest BCUT2D eigenvalue weighted by Crippen LogP contribution is -2.03. The molecule has 0 aliphatic rings. The highest BCUT2D eigenvalue weighted by molar-refractivity contribution is 5.89. The predicted octanol–water partition coefficient (Wildman–Crippen LogP) is 2.99. The van der Waals surface area contributed by atoms with Crippen molar-refractivity contribution in [2.24, 2.45) is 0 Å². The average Bonchev–Trinajstić information content (AvgIpc) is 2.32. The maximum atomic E-state index is 11.1. The van der Waals surface area contributed by atoms with E-state index in [4.69, 9.17) is 5.11 Å². The molecule has 0 aliphatic heterocycles. The molecule has 0 amide bonds. The zero-order valence-corrected chi connectivity index (χ0v) is 10.1. The minimum Gasteiger partial charge on any atom is -0.508 e. The molecule has 3 heteroatoms. The van der Waals surface area contributed by atoms with E-state index in [1.165, 1.54) is 18.2 Å². The van der Waals surface area contributed by atoms with Crippen LogP contribution in [0.5, 0.6) is 5.75 Å². The molecule has 0 spiro atoms. The zero-order chi connectivity index (χ0) is 13.1. The highest BCUT2D eigenvalue weighted by atomic mass is 16.4. The van der Waals surface area contributed by atoms with Crippen molar-refractivity contribution in [3.05, 3.63) is 64.7 Å². The maximum Gasteiger partial charge on any atom is 0.335 e. The molecular formula is C15H14O3. The highest BCUT2D eigenvalue weighted by Crippen LogP contribution is 2.21. The maximum absolute atomic E-state index is 11.1. The molecule has 0 saturated heterocycles. The van der Waals surface area contributed by atoms with Crippen molar-refractivity contribution in [1.29, 1.82) is 0 Å². The van der Waals surface area contributed by atoms with Gasteiger partial charge >= 0.3 is 5.97 Å². The molecule has 0 saturated carbocycles. The molecule has 2 rings (SSSR count). The quantitative estimate of drug-likeness (QED) is 0.869. The molecule has 0 aromatic heterocycles. The summed E-state index contributed by atoms with van der Waals surface area (Å²) in [6.45, 7) is 1.98. The second-order valence-corrected chi connectivity index (χ2v) is 4.25. The van der Waals surface area contributed by atoms with Crippen LogP contribution in [0, 0.1) is 6.92 Å². The molecular weight excluding hydrogens is 228 g/mol. The van der Waals surface area contributed by atoms with Gasteiger partial charge in [0.1, 0.15) is 5.75 Å². The van der Waals surface area contributed by atoms with Crippen molar-refractivity contribution in [3.8, 4) is 5.75 Å². The summed E-state index contributed by atoms with van der Waals surface area (Å²) >= 11 is 0. The number of phenols is 1. The van der Waals surface area contributed by atoms with Crippen LogP contribution in [0.3, 0.4) is 0 Å². The van der Waals surface area contributed by atoms with Crippen molar-refractivity contribution in [3.63, 3.8) is 0 Å². The van der Waals surface area contributed by atoms with Crippen LogP contribution in [0.2, 0.25) is 0 Å². The number of benzene rings is 2. The Morgan fingerprint density at radius 3 is 2.50 bits per heavy atom. The lowest BCUT2D eigenvalue weighted by atomic mass is 9.97. The number of hydrogen-bond acceptors (Lipinski definition) is 2. The van der Waals surface area contributed by atoms with Crippen molar-refractivity contribution >= 4 is 5.97 Å². The second kappa shape index (κ2) is 4.92. The summed E-state index contributed by atoms with van der Waals surface area (Å²) in [5, 5.41) is 18.6. The monoisotopic (exact) mass is 242 g/mol. The minimum atomic E-state index is -0.974. The third-order valence-electron chi connectivity index (χ3n) is 2.96. The smallest absolute Gasteiger partial charge is 0.335 e. The van der Waals surface area contributed by atoms with E-state index in [2.05, 4.69) is 0 Å². The topological polar surface area (TPSA) is 57.5 Å². The molecule has 18 heavy (non-hydrogen) atoms. The molecule has 0 atom stereocenters. The van der Waals surface area contributed by atoms with Crippen molar-refractivity contribution < 1.29 is 15.0 Å². The van der Waals surface area contributed by atoms with Crippen LogP contribution in [0.4, 0.5) is 0 Å². The Labute approximate surface area is 105 Å². The Kier molecular flexibility index (Phi) is 3.33. The van der Waals surface area contributed by atoms with Crippen LogP contribution >= 0.6 is 0 Å². The van der Waals surface area contributed by atoms with Gasteiger partial charge in [-0.1, -0.05) is 24.3 Å². The summed E-state index contributed by atoms with van der Waals surface area (Å²) in [6.07, 6.45) is 0.503. The summed E-state index contributed by atoms with van der Waals surface area (Å²) in [6, 6.07) is 12.2. The van der Waals surface area contributed by atoms with Gasteiger partial charge < -0.3 is 10.2 Å². The summed E-state index contributed by atoms with van der Waals surface area (Å²) < 4.78 is 0. The number of carbonyl (C=O) groups is 1. The van der Waals surface area contributed by atoms with E-state index in [1.54, 1.807) is 0 Å². The normalized spacial score (nSPS) is 10.3. The van der Waals surface area contributed by atoms with Gasteiger partial charge in [-0.25, -0.2) is 4.79 Å². The molecule has 0 fully saturated rings. The predicted molar refractivity (Wildman–Crippen MR) is 69.1 cm³/mol. The number of hydrogen-bond donors (Lipinski definition) is 2. The lowest BCUT2D eigenvalue weighted by molar-refractivity contribution is 0.0696. The molecule has 2 aromatic rings. The number of carboxylic acid groups (broad SMARTS) is 1. The molecule has 92 valence electrons. The van der Waals surface area contributed by atoms with Gasteiger partial charge in [0.05, 0.1) is 5.56 Å². The summed E-state index contributed by atoms with van der Waals surface area (Å²) in [5.41, 5.74) is 3.02. The molecule has 2 aromatic carbocycles. The van der Waals surface area contributed by atoms with E-state index in [9.17, 15) is 9.90 Å². The van der Waals surface area contributed by atoms with Crippen LogP contribution in [-0.2, 0) is 6.42 Å². The number of aryl methyl sites for hydroxylation is 1. The average molecular weight is 242 g/mol. The standard InChI is InChI=1S/C15H14O3/c1-10-4-2-3-5-11(10)8-12-9-13(16)6-7-14(12)15(17)18/h2-7,9,16H,8H2,1H3,(H,17,18). The number of carboxylic acids is 1. The van der Waals surface area contributed by atoms with E-state index in [0.717, 1.165) is 11.1 Å². The third-order valence-corrected chi connectivity index (χ3v) is 2.96. The molecule has 0 radical (unpaired) electrons. The van der Waals surface area contributed by atoms with Crippen LogP contribution in [0.15, 0.2) is 42.5 Å². The Morgan fingerprint density at radius 2 is 1.83 bits per heavy atom. The van der Waals surface area contributed by atoms with Gasteiger partial charge in [0.15, 0.2) is 0 Å². The van der Waals surface area contributed by atoms with Gasteiger partial charge in [-0.2, -0.15) is 0 Å². The molecule has 0 unspecified atom stereocenters. The number of aromatic hydroxyl groups is 1. The minimum absolute atomic E-state index is 0.0867. The van der Waals surface area contributed by atoms with E-state index >= 15 is 0 Å². The first-order valence-electron chi connectivity index (χ1n) is 5.67. The third kappa shape index (κ3) is 2.51. The summed E-state index contributed by atoms with van der Waals surface area (Å²) in [5.74, 6) is -0.887. The van der Waals surface area contributed by atoms with Crippen molar-refractivity contribution in [2.45, 2.75) is 13.3 Å². The Balaban J connectivity index is 2.42. The summed E-state index contributed by atoms with van der Waals surface area (Å²) in [7, 11) is 0. The van der Waals surface area contributed by atoms with E-state index in [-0.39, 0.29) is 11.3 Å². The Hall–Kier alpha value is -2.29. The Morgan fingerprint density at radius 1 is 1.11 bits per heavy atom. The van der Waals surface area contributed by atoms with Crippen LogP contribution in [-0.4, -0.2) is 16.2 Å². The van der Waals surface area contributed by atoms with Gasteiger partial charge in [0, 0.05) is 0 Å². The number of aromatic carboxylic acids is 1. The molecule has 0 heterocycles. The van der Waals surface area contributed by atoms with E-state index in [0.29, 0.717) is 12.0 Å². The molecule has 0 bridgehead atoms. The summed E-state index contributed by atoms with van der Waals surface area (Å²) in [4.78, 5) is 11.1. The lowest BCUT2D eigenvalue weighted by Gasteiger charge is -2.09. The first-order chi connectivity index (χ1) is 8.58. The van der Waals surface area contributed by atoms with E-state index in [1.807, 2.05) is 31.2 Å². The first-order valence-corrected chi connectivity index (χ1v) is 5.67. The van der Waals surface area contributed by atoms with Gasteiger partial charge in [0.25, 0.3) is 0 Å². The highest BCUT2D eigenvalue weighted by Gasteiger charge is 2.11. The Bertz CT molecular complexity index is 588. The molecule has 2 N–H and O–H groups in total. The van der Waals surface area contributed by atoms with Crippen molar-refractivity contribution in [2.75, 3.05) is 0 Å². The van der Waals surface area contributed by atoms with Gasteiger partial charge in [-0.15, -0.1) is 0 Å². The van der Waals surface area contributed by atoms with Crippen LogP contribution in [0.1, 0.15) is 27.0 Å². The van der Waals surface area contributed by atoms with Gasteiger partial charge in [0.2, 0.25) is 0 Å². The fraction of sp³-hybridized carbons (Fsp3) is 0.133. The first kappa shape index (κ1) is 12.2. The molecule has 3 nitrogen and oxygen atoms in total. The van der Waals surface area contributed by atoms with E-state index < -0.39 is 5.97 Å². The largest absolute Gasteiger partial charge is 0.508 e. The van der Waals surface area contributed by atoms with Crippen LogP contribution < -0.4 is 0 Å². The fourth-order valence-electron chi connectivity index (χ4n) is 1.95. The second-order valence-electron chi connectivity index (χ2n) is 4.25.